The van der Waals surface area contributed by atoms with Gasteiger partial charge in [0, 0.05) is 47.5 Å². The molecule has 214 valence electrons. The SMILES string of the molecule is CCCCC(=O)Cc1ccc(Oc2ccnc3cc(OCCCN4CCC5(CC4)COC5)c(OC)cc23)cc1Cl. The third kappa shape index (κ3) is 6.88. The summed E-state index contributed by atoms with van der Waals surface area (Å²) in [5.74, 6) is 2.73. The van der Waals surface area contributed by atoms with Crippen LogP contribution in [0.2, 0.25) is 5.02 Å². The molecule has 8 heteroatoms. The molecule has 1 aromatic heterocycles. The number of Topliss-reactive ketones (excluding diaryl/α,β-unsaturated/α-hetero) is 1. The number of nitrogens with zero attached hydrogens (tertiary/aromatic N) is 2. The summed E-state index contributed by atoms with van der Waals surface area (Å²) in [6.07, 6.45) is 7.95. The molecule has 0 aliphatic carbocycles. The molecule has 5 rings (SSSR count). The lowest BCUT2D eigenvalue weighted by atomic mass is 9.77. The number of methoxy groups -OCH3 is 1. The predicted molar refractivity (Wildman–Crippen MR) is 157 cm³/mol. The van der Waals surface area contributed by atoms with Gasteiger partial charge < -0.3 is 23.8 Å². The fourth-order valence-electron chi connectivity index (χ4n) is 5.43. The number of aromatic nitrogens is 1. The Morgan fingerprint density at radius 2 is 1.90 bits per heavy atom. The number of piperidine rings is 1. The van der Waals surface area contributed by atoms with Gasteiger partial charge in [0.15, 0.2) is 11.5 Å². The van der Waals surface area contributed by atoms with Crippen LogP contribution in [0.25, 0.3) is 10.9 Å². The van der Waals surface area contributed by atoms with Gasteiger partial charge >= 0.3 is 0 Å². The van der Waals surface area contributed by atoms with E-state index in [9.17, 15) is 4.79 Å². The number of hydrogen-bond acceptors (Lipinski definition) is 7. The average Bonchev–Trinajstić information content (AvgIpc) is 2.95. The van der Waals surface area contributed by atoms with Crippen LogP contribution in [0, 0.1) is 5.41 Å². The average molecular weight is 567 g/mol. The number of fused-ring (bicyclic) bond motifs is 1. The van der Waals surface area contributed by atoms with Gasteiger partial charge in [0.1, 0.15) is 17.3 Å². The second-order valence-corrected chi connectivity index (χ2v) is 11.4. The fraction of sp³-hybridized carbons (Fsp3) is 0.500. The van der Waals surface area contributed by atoms with E-state index in [1.54, 1.807) is 19.4 Å². The number of unbranched alkanes of at least 4 members (excludes halogenated alkanes) is 1. The molecule has 0 bridgehead atoms. The molecule has 2 aromatic carbocycles. The third-order valence-electron chi connectivity index (χ3n) is 8.05. The molecule has 1 spiro atoms. The Balaban J connectivity index is 1.20. The zero-order valence-corrected chi connectivity index (χ0v) is 24.3. The van der Waals surface area contributed by atoms with Crippen molar-refractivity contribution in [1.82, 2.24) is 9.88 Å². The lowest BCUT2D eigenvalue weighted by Gasteiger charge is -2.47. The minimum Gasteiger partial charge on any atom is -0.493 e. The Morgan fingerprint density at radius 1 is 1.07 bits per heavy atom. The second-order valence-electron chi connectivity index (χ2n) is 11.0. The number of carbonyl (C=O) groups is 1. The van der Waals surface area contributed by atoms with Gasteiger partial charge in [0.05, 0.1) is 32.4 Å². The minimum absolute atomic E-state index is 0.201. The molecular weight excluding hydrogens is 528 g/mol. The smallest absolute Gasteiger partial charge is 0.163 e. The van der Waals surface area contributed by atoms with Crippen molar-refractivity contribution in [3.05, 3.63) is 53.2 Å². The first-order chi connectivity index (χ1) is 19.5. The first-order valence-corrected chi connectivity index (χ1v) is 14.7. The van der Waals surface area contributed by atoms with Crippen molar-refractivity contribution >= 4 is 28.3 Å². The van der Waals surface area contributed by atoms with E-state index in [4.69, 9.17) is 30.5 Å². The van der Waals surface area contributed by atoms with Gasteiger partial charge in [-0.05, 0) is 68.6 Å². The van der Waals surface area contributed by atoms with Gasteiger partial charge in [0.2, 0.25) is 0 Å². The van der Waals surface area contributed by atoms with Crippen LogP contribution in [0.15, 0.2) is 42.6 Å². The topological polar surface area (TPSA) is 70.1 Å². The molecule has 0 radical (unpaired) electrons. The molecule has 0 N–H and O–H groups in total. The highest BCUT2D eigenvalue weighted by Crippen LogP contribution is 2.39. The molecule has 2 aliphatic rings. The van der Waals surface area contributed by atoms with Crippen molar-refractivity contribution in [2.24, 2.45) is 5.41 Å². The van der Waals surface area contributed by atoms with Gasteiger partial charge in [-0.3, -0.25) is 9.78 Å². The standard InChI is InChI=1S/C32H39ClN2O5/c1-3-4-6-24(36)17-23-7-8-25(18-27(23)33)40-29-9-12-34-28-20-31(30(37-2)19-26(28)29)39-16-5-13-35-14-10-32(11-15-35)21-38-22-32/h7-9,12,18-20H,3-6,10-11,13-17,21-22H2,1-2H3. The van der Waals surface area contributed by atoms with Crippen molar-refractivity contribution < 1.29 is 23.7 Å². The number of pyridine rings is 1. The second kappa shape index (κ2) is 13.2. The first-order valence-electron chi connectivity index (χ1n) is 14.4. The number of rotatable bonds is 13. The van der Waals surface area contributed by atoms with E-state index >= 15 is 0 Å². The van der Waals surface area contributed by atoms with Gasteiger partial charge in [-0.1, -0.05) is 31.0 Å². The summed E-state index contributed by atoms with van der Waals surface area (Å²) in [5.41, 5.74) is 2.03. The molecular formula is C32H39ClN2O5. The molecule has 2 fully saturated rings. The minimum atomic E-state index is 0.201. The van der Waals surface area contributed by atoms with Crippen molar-refractivity contribution in [2.75, 3.05) is 46.6 Å². The maximum absolute atomic E-state index is 12.2. The van der Waals surface area contributed by atoms with Crippen molar-refractivity contribution in [3.8, 4) is 23.0 Å². The van der Waals surface area contributed by atoms with E-state index < -0.39 is 0 Å². The van der Waals surface area contributed by atoms with E-state index in [2.05, 4.69) is 16.8 Å². The summed E-state index contributed by atoms with van der Waals surface area (Å²) in [7, 11) is 1.64. The van der Waals surface area contributed by atoms with Gasteiger partial charge in [-0.15, -0.1) is 0 Å². The molecule has 3 aromatic rings. The number of ether oxygens (including phenoxy) is 4. The predicted octanol–water partition coefficient (Wildman–Crippen LogP) is 6.87. The van der Waals surface area contributed by atoms with Crippen LogP contribution in [0.5, 0.6) is 23.0 Å². The molecule has 40 heavy (non-hydrogen) atoms. The Morgan fingerprint density at radius 3 is 2.60 bits per heavy atom. The Bertz CT molecular complexity index is 1320. The quantitative estimate of drug-likeness (QED) is 0.209. The van der Waals surface area contributed by atoms with Crippen molar-refractivity contribution in [3.63, 3.8) is 0 Å². The van der Waals surface area contributed by atoms with Crippen LogP contribution in [0.4, 0.5) is 0 Å². The van der Waals surface area contributed by atoms with E-state index in [-0.39, 0.29) is 5.78 Å². The lowest BCUT2D eigenvalue weighted by Crippen LogP contribution is -2.51. The fourth-order valence-corrected chi connectivity index (χ4v) is 5.66. The van der Waals surface area contributed by atoms with Crippen LogP contribution in [0.3, 0.4) is 0 Å². The van der Waals surface area contributed by atoms with E-state index in [0.29, 0.717) is 52.9 Å². The molecule has 0 unspecified atom stereocenters. The van der Waals surface area contributed by atoms with E-state index in [1.165, 1.54) is 12.8 Å². The number of ketones is 1. The van der Waals surface area contributed by atoms with Gasteiger partial charge in [-0.25, -0.2) is 0 Å². The lowest BCUT2D eigenvalue weighted by molar-refractivity contribution is -0.139. The molecule has 2 aliphatic heterocycles. The maximum Gasteiger partial charge on any atom is 0.163 e. The van der Waals surface area contributed by atoms with Crippen LogP contribution < -0.4 is 14.2 Å². The van der Waals surface area contributed by atoms with Crippen molar-refractivity contribution in [1.29, 1.82) is 0 Å². The molecule has 0 saturated carbocycles. The summed E-state index contributed by atoms with van der Waals surface area (Å²) in [5, 5.41) is 1.33. The summed E-state index contributed by atoms with van der Waals surface area (Å²) >= 11 is 6.50. The van der Waals surface area contributed by atoms with Gasteiger partial charge in [-0.2, -0.15) is 0 Å². The summed E-state index contributed by atoms with van der Waals surface area (Å²) in [4.78, 5) is 19.3. The summed E-state index contributed by atoms with van der Waals surface area (Å²) in [6, 6.07) is 11.1. The van der Waals surface area contributed by atoms with Crippen LogP contribution in [-0.4, -0.2) is 62.2 Å². The molecule has 0 amide bonds. The number of likely N-dealkylation sites (tertiary alicyclic amines) is 1. The Hall–Kier alpha value is -2.87. The van der Waals surface area contributed by atoms with Gasteiger partial charge in [0.25, 0.3) is 0 Å². The number of hydrogen-bond donors (Lipinski definition) is 0. The monoisotopic (exact) mass is 566 g/mol. The molecule has 3 heterocycles. The highest BCUT2D eigenvalue weighted by Gasteiger charge is 2.40. The molecule has 2 saturated heterocycles. The summed E-state index contributed by atoms with van der Waals surface area (Å²) in [6.45, 7) is 7.87. The number of benzene rings is 2. The normalized spacial score (nSPS) is 16.6. The Labute approximate surface area is 241 Å². The van der Waals surface area contributed by atoms with Crippen LogP contribution >= 0.6 is 11.6 Å². The van der Waals surface area contributed by atoms with Crippen LogP contribution in [0.1, 0.15) is 51.0 Å². The first kappa shape index (κ1) is 28.7. The maximum atomic E-state index is 12.2. The molecule has 7 nitrogen and oxygen atoms in total. The largest absolute Gasteiger partial charge is 0.493 e. The number of halogens is 1. The highest BCUT2D eigenvalue weighted by atomic mass is 35.5. The zero-order chi connectivity index (χ0) is 28.0. The zero-order valence-electron chi connectivity index (χ0n) is 23.5. The number of carbonyl (C=O) groups excluding carboxylic acids is 1. The molecule has 0 atom stereocenters. The van der Waals surface area contributed by atoms with Crippen molar-refractivity contribution in [2.45, 2.75) is 51.9 Å². The van der Waals surface area contributed by atoms with E-state index in [1.807, 2.05) is 30.3 Å². The van der Waals surface area contributed by atoms with E-state index in [0.717, 1.165) is 68.6 Å². The highest BCUT2D eigenvalue weighted by molar-refractivity contribution is 6.31. The summed E-state index contributed by atoms with van der Waals surface area (Å²) < 4.78 is 23.5. The Kier molecular flexibility index (Phi) is 9.45. The van der Waals surface area contributed by atoms with Crippen LogP contribution in [-0.2, 0) is 16.0 Å². The third-order valence-corrected chi connectivity index (χ3v) is 8.40.